The van der Waals surface area contributed by atoms with Gasteiger partial charge in [-0.2, -0.15) is 10.5 Å². The number of nitriles is 2. The third-order valence-corrected chi connectivity index (χ3v) is 2.26. The van der Waals surface area contributed by atoms with Crippen LogP contribution in [0, 0.1) is 22.7 Å². The molecule has 84 valence electrons. The van der Waals surface area contributed by atoms with Gasteiger partial charge in [-0.3, -0.25) is 4.79 Å². The molecule has 0 unspecified atom stereocenters. The summed E-state index contributed by atoms with van der Waals surface area (Å²) < 4.78 is 0.865. The number of halogens is 1. The molecule has 0 aromatic heterocycles. The third-order valence-electron chi connectivity index (χ3n) is 1.73. The van der Waals surface area contributed by atoms with Crippen LogP contribution in [0.25, 0.3) is 0 Å². The number of nitrogens with zero attached hydrogens (tertiary/aromatic N) is 3. The Bertz CT molecular complexity index is 507. The van der Waals surface area contributed by atoms with Crippen LogP contribution in [0.1, 0.15) is 10.4 Å². The SMILES string of the molecule is N#CC(C#N)=NOCC(=O)c1ccc(Br)cc1. The van der Waals surface area contributed by atoms with E-state index >= 15 is 0 Å². The second-order valence-corrected chi connectivity index (χ2v) is 3.78. The number of Topliss-reactive ketones (excluding diaryl/α,β-unsaturated/α-hetero) is 1. The summed E-state index contributed by atoms with van der Waals surface area (Å²) in [6, 6.07) is 9.76. The van der Waals surface area contributed by atoms with Crippen molar-refractivity contribution < 1.29 is 9.63 Å². The Kier molecular flexibility index (Phi) is 4.86. The highest BCUT2D eigenvalue weighted by atomic mass is 79.9. The Morgan fingerprint density at radius 1 is 1.29 bits per heavy atom. The van der Waals surface area contributed by atoms with Gasteiger partial charge in [-0.15, -0.1) is 0 Å². The van der Waals surface area contributed by atoms with Gasteiger partial charge in [0, 0.05) is 10.0 Å². The first kappa shape index (κ1) is 12.9. The average molecular weight is 292 g/mol. The van der Waals surface area contributed by atoms with Crippen molar-refractivity contribution in [3.63, 3.8) is 0 Å². The summed E-state index contributed by atoms with van der Waals surface area (Å²) >= 11 is 3.25. The fourth-order valence-corrected chi connectivity index (χ4v) is 1.20. The van der Waals surface area contributed by atoms with Crippen LogP contribution in [0.2, 0.25) is 0 Å². The summed E-state index contributed by atoms with van der Waals surface area (Å²) in [4.78, 5) is 16.1. The summed E-state index contributed by atoms with van der Waals surface area (Å²) in [6.45, 7) is -0.311. The second-order valence-electron chi connectivity index (χ2n) is 2.87. The maximum Gasteiger partial charge on any atom is 0.256 e. The van der Waals surface area contributed by atoms with Crippen molar-refractivity contribution in [2.45, 2.75) is 0 Å². The summed E-state index contributed by atoms with van der Waals surface area (Å²) in [6.07, 6.45) is 0. The van der Waals surface area contributed by atoms with Gasteiger partial charge in [-0.25, -0.2) is 0 Å². The first-order valence-electron chi connectivity index (χ1n) is 4.46. The van der Waals surface area contributed by atoms with Gasteiger partial charge in [0.05, 0.1) is 0 Å². The molecule has 0 atom stereocenters. The topological polar surface area (TPSA) is 86.2 Å². The number of carbonyl (C=O) groups is 1. The minimum atomic E-state index is -0.423. The van der Waals surface area contributed by atoms with Crippen molar-refractivity contribution in [1.82, 2.24) is 0 Å². The molecule has 0 fully saturated rings. The minimum absolute atomic E-state index is 0.281. The van der Waals surface area contributed by atoms with Crippen molar-refractivity contribution in [3.8, 4) is 12.1 Å². The van der Waals surface area contributed by atoms with Crippen LogP contribution >= 0.6 is 15.9 Å². The molecule has 0 N–H and O–H groups in total. The standard InChI is InChI=1S/C11H6BrN3O2/c12-9-3-1-8(2-4-9)11(16)7-17-15-10(5-13)6-14/h1-4H,7H2. The van der Waals surface area contributed by atoms with Crippen LogP contribution in [0.5, 0.6) is 0 Å². The number of rotatable bonds is 4. The molecule has 0 aliphatic carbocycles. The molecule has 0 spiro atoms. The van der Waals surface area contributed by atoms with Gasteiger partial charge in [0.15, 0.2) is 6.61 Å². The van der Waals surface area contributed by atoms with E-state index in [1.54, 1.807) is 24.3 Å². The van der Waals surface area contributed by atoms with E-state index in [1.165, 1.54) is 12.1 Å². The first-order valence-corrected chi connectivity index (χ1v) is 5.25. The van der Waals surface area contributed by atoms with Gasteiger partial charge in [0.25, 0.3) is 5.71 Å². The molecule has 0 amide bonds. The van der Waals surface area contributed by atoms with E-state index in [0.717, 1.165) is 4.47 Å². The Balaban J connectivity index is 2.58. The van der Waals surface area contributed by atoms with Crippen molar-refractivity contribution in [2.75, 3.05) is 6.61 Å². The van der Waals surface area contributed by atoms with Gasteiger partial charge in [0.2, 0.25) is 5.78 Å². The maximum atomic E-state index is 11.5. The quantitative estimate of drug-likeness (QED) is 0.483. The number of hydrogen-bond donors (Lipinski definition) is 0. The van der Waals surface area contributed by atoms with E-state index in [1.807, 2.05) is 0 Å². The lowest BCUT2D eigenvalue weighted by molar-refractivity contribution is 0.0777. The highest BCUT2D eigenvalue weighted by Gasteiger charge is 2.06. The lowest BCUT2D eigenvalue weighted by Crippen LogP contribution is -2.07. The van der Waals surface area contributed by atoms with Gasteiger partial charge in [-0.1, -0.05) is 33.2 Å². The second kappa shape index (κ2) is 6.41. The summed E-state index contributed by atoms with van der Waals surface area (Å²) in [5.41, 5.74) is 0.0486. The highest BCUT2D eigenvalue weighted by molar-refractivity contribution is 9.10. The Hall–Kier alpha value is -2.18. The summed E-state index contributed by atoms with van der Waals surface area (Å²) in [5, 5.41) is 19.9. The van der Waals surface area contributed by atoms with Crippen molar-refractivity contribution in [3.05, 3.63) is 34.3 Å². The predicted octanol–water partition coefficient (Wildman–Crippen LogP) is 2.05. The Morgan fingerprint density at radius 2 is 1.88 bits per heavy atom. The van der Waals surface area contributed by atoms with Crippen molar-refractivity contribution >= 4 is 27.4 Å². The van der Waals surface area contributed by atoms with Crippen molar-refractivity contribution in [1.29, 1.82) is 10.5 Å². The minimum Gasteiger partial charge on any atom is -0.386 e. The molecule has 0 radical (unpaired) electrons. The fourth-order valence-electron chi connectivity index (χ4n) is 0.940. The van der Waals surface area contributed by atoms with Gasteiger partial charge in [-0.05, 0) is 12.1 Å². The summed E-state index contributed by atoms with van der Waals surface area (Å²) in [5.74, 6) is -0.281. The van der Waals surface area contributed by atoms with E-state index in [4.69, 9.17) is 10.5 Å². The molecule has 6 heteroatoms. The number of hydrogen-bond acceptors (Lipinski definition) is 5. The van der Waals surface area contributed by atoms with Gasteiger partial charge < -0.3 is 4.84 Å². The number of benzene rings is 1. The maximum absolute atomic E-state index is 11.5. The van der Waals surface area contributed by atoms with Crippen LogP contribution in [0.15, 0.2) is 33.9 Å². The first-order chi connectivity index (χ1) is 8.17. The fraction of sp³-hybridized carbons (Fsp3) is 0.0909. The molecule has 0 heterocycles. The Labute approximate surface area is 106 Å². The van der Waals surface area contributed by atoms with Gasteiger partial charge >= 0.3 is 0 Å². The molecule has 0 aliphatic rings. The molecule has 0 aliphatic heterocycles. The van der Waals surface area contributed by atoms with E-state index in [9.17, 15) is 4.79 Å². The zero-order valence-electron chi connectivity index (χ0n) is 8.55. The highest BCUT2D eigenvalue weighted by Crippen LogP contribution is 2.10. The van der Waals surface area contributed by atoms with E-state index in [2.05, 4.69) is 25.9 Å². The van der Waals surface area contributed by atoms with Gasteiger partial charge in [0.1, 0.15) is 12.1 Å². The molecule has 1 rings (SSSR count). The molecular weight excluding hydrogens is 286 g/mol. The number of ketones is 1. The Morgan fingerprint density at radius 3 is 2.41 bits per heavy atom. The zero-order valence-corrected chi connectivity index (χ0v) is 10.1. The average Bonchev–Trinajstić information content (AvgIpc) is 2.35. The predicted molar refractivity (Wildman–Crippen MR) is 63.1 cm³/mol. The molecule has 1 aromatic carbocycles. The van der Waals surface area contributed by atoms with Crippen LogP contribution in [0.4, 0.5) is 0 Å². The lowest BCUT2D eigenvalue weighted by atomic mass is 10.1. The molecule has 0 saturated carbocycles. The molecule has 0 saturated heterocycles. The monoisotopic (exact) mass is 291 g/mol. The number of oxime groups is 1. The normalized spacial score (nSPS) is 8.65. The molecular formula is C11H6BrN3O2. The molecule has 0 bridgehead atoms. The third kappa shape index (κ3) is 4.06. The van der Waals surface area contributed by atoms with Crippen LogP contribution in [-0.2, 0) is 4.84 Å². The molecule has 1 aromatic rings. The van der Waals surface area contributed by atoms with Crippen LogP contribution < -0.4 is 0 Å². The van der Waals surface area contributed by atoms with Crippen molar-refractivity contribution in [2.24, 2.45) is 5.16 Å². The smallest absolute Gasteiger partial charge is 0.256 e. The van der Waals surface area contributed by atoms with E-state index in [0.29, 0.717) is 5.56 Å². The lowest BCUT2D eigenvalue weighted by Gasteiger charge is -1.99. The number of carbonyl (C=O) groups excluding carboxylic acids is 1. The summed E-state index contributed by atoms with van der Waals surface area (Å²) in [7, 11) is 0. The van der Waals surface area contributed by atoms with Crippen LogP contribution in [0.3, 0.4) is 0 Å². The molecule has 5 nitrogen and oxygen atoms in total. The largest absolute Gasteiger partial charge is 0.386 e. The van der Waals surface area contributed by atoms with E-state index < -0.39 is 5.71 Å². The van der Waals surface area contributed by atoms with E-state index in [-0.39, 0.29) is 12.4 Å². The van der Waals surface area contributed by atoms with Crippen LogP contribution in [-0.4, -0.2) is 18.1 Å². The zero-order chi connectivity index (χ0) is 12.7. The molecule has 17 heavy (non-hydrogen) atoms.